The van der Waals surface area contributed by atoms with Crippen molar-refractivity contribution in [1.82, 2.24) is 9.62 Å². The van der Waals surface area contributed by atoms with Crippen molar-refractivity contribution >= 4 is 21.9 Å². The van der Waals surface area contributed by atoms with Crippen molar-refractivity contribution in [2.24, 2.45) is 5.92 Å². The molecule has 0 spiro atoms. The molecule has 1 saturated heterocycles. The van der Waals surface area contributed by atoms with E-state index >= 15 is 0 Å². The third-order valence-corrected chi connectivity index (χ3v) is 5.40. The summed E-state index contributed by atoms with van der Waals surface area (Å²) in [6.45, 7) is 3.29. The summed E-state index contributed by atoms with van der Waals surface area (Å²) in [7, 11) is -3.60. The van der Waals surface area contributed by atoms with Gasteiger partial charge in [0.05, 0.1) is 10.8 Å². The summed E-state index contributed by atoms with van der Waals surface area (Å²) in [5.74, 6) is -2.08. The molecule has 1 amide bonds. The van der Waals surface area contributed by atoms with Gasteiger partial charge in [-0.3, -0.25) is 9.59 Å². The first-order valence-corrected chi connectivity index (χ1v) is 8.26. The molecule has 1 aliphatic rings. The van der Waals surface area contributed by atoms with Crippen LogP contribution in [0.4, 0.5) is 0 Å². The Morgan fingerprint density at radius 1 is 1.36 bits per heavy atom. The number of carboxylic acid groups (broad SMARTS) is 1. The Labute approximate surface area is 129 Å². The van der Waals surface area contributed by atoms with Crippen LogP contribution >= 0.6 is 0 Å². The van der Waals surface area contributed by atoms with Crippen LogP contribution in [0.15, 0.2) is 29.2 Å². The quantitative estimate of drug-likeness (QED) is 0.805. The summed E-state index contributed by atoms with van der Waals surface area (Å²) >= 11 is 0. The van der Waals surface area contributed by atoms with Crippen LogP contribution in [0.2, 0.25) is 0 Å². The Morgan fingerprint density at radius 3 is 2.55 bits per heavy atom. The molecule has 8 heteroatoms. The van der Waals surface area contributed by atoms with Crippen molar-refractivity contribution in [3.63, 3.8) is 0 Å². The highest BCUT2D eigenvalue weighted by atomic mass is 32.2. The number of amides is 1. The number of hydrogen-bond donors (Lipinski definition) is 2. The number of hydrogen-bond acceptors (Lipinski definition) is 4. The molecule has 0 radical (unpaired) electrons. The molecular weight excluding hydrogens is 308 g/mol. The van der Waals surface area contributed by atoms with Gasteiger partial charge in [0, 0.05) is 13.1 Å². The highest BCUT2D eigenvalue weighted by Gasteiger charge is 2.40. The second-order valence-corrected chi connectivity index (χ2v) is 7.34. The second kappa shape index (κ2) is 6.05. The van der Waals surface area contributed by atoms with Gasteiger partial charge in [-0.25, -0.2) is 8.42 Å². The maximum Gasteiger partial charge on any atom is 0.325 e. The van der Waals surface area contributed by atoms with Crippen LogP contribution in [-0.2, 0) is 19.6 Å². The predicted octanol–water partition coefficient (Wildman–Crippen LogP) is 0.205. The third kappa shape index (κ3) is 3.28. The van der Waals surface area contributed by atoms with Gasteiger partial charge in [-0.15, -0.1) is 0 Å². The minimum absolute atomic E-state index is 0.0639. The lowest BCUT2D eigenvalue weighted by Gasteiger charge is -2.37. The summed E-state index contributed by atoms with van der Waals surface area (Å²) in [6.07, 6.45) is 0. The lowest BCUT2D eigenvalue weighted by molar-refractivity contribution is -0.142. The van der Waals surface area contributed by atoms with E-state index in [1.807, 2.05) is 0 Å². The smallest absolute Gasteiger partial charge is 0.325 e. The minimum Gasteiger partial charge on any atom is -0.480 e. The fourth-order valence-corrected chi connectivity index (χ4v) is 3.75. The first kappa shape index (κ1) is 16.4. The van der Waals surface area contributed by atoms with E-state index in [0.29, 0.717) is 0 Å². The van der Waals surface area contributed by atoms with Crippen molar-refractivity contribution in [2.75, 3.05) is 13.1 Å². The SMILES string of the molecule is Cc1cccc(S(=O)(=O)N2CC(C(=O)NC(C)C(=O)O)C2)c1. The van der Waals surface area contributed by atoms with Crippen LogP contribution in [0.5, 0.6) is 0 Å². The third-order valence-electron chi connectivity index (χ3n) is 3.58. The number of nitrogens with one attached hydrogen (secondary N) is 1. The Morgan fingerprint density at radius 2 is 2.00 bits per heavy atom. The molecule has 1 heterocycles. The standard InChI is InChI=1S/C14H18N2O5S/c1-9-4-3-5-12(6-9)22(20,21)16-7-11(8-16)13(17)15-10(2)14(18)19/h3-6,10-11H,7-8H2,1-2H3,(H,15,17)(H,18,19). The predicted molar refractivity (Wildman–Crippen MR) is 78.7 cm³/mol. The van der Waals surface area contributed by atoms with Crippen molar-refractivity contribution < 1.29 is 23.1 Å². The van der Waals surface area contributed by atoms with Crippen LogP contribution in [0.1, 0.15) is 12.5 Å². The number of carboxylic acids is 1. The van der Waals surface area contributed by atoms with E-state index in [4.69, 9.17) is 5.11 Å². The van der Waals surface area contributed by atoms with E-state index in [1.165, 1.54) is 17.3 Å². The average Bonchev–Trinajstić information content (AvgIpc) is 2.36. The summed E-state index contributed by atoms with van der Waals surface area (Å²) in [5, 5.41) is 11.1. The Hall–Kier alpha value is -1.93. The number of carbonyl (C=O) groups excluding carboxylic acids is 1. The van der Waals surface area contributed by atoms with E-state index in [2.05, 4.69) is 5.32 Å². The van der Waals surface area contributed by atoms with E-state index < -0.39 is 33.9 Å². The van der Waals surface area contributed by atoms with Gasteiger partial charge in [0.25, 0.3) is 0 Å². The van der Waals surface area contributed by atoms with Crippen molar-refractivity contribution in [3.8, 4) is 0 Å². The number of benzene rings is 1. The van der Waals surface area contributed by atoms with Gasteiger partial charge in [0.2, 0.25) is 15.9 Å². The fourth-order valence-electron chi connectivity index (χ4n) is 2.12. The maximum absolute atomic E-state index is 12.4. The summed E-state index contributed by atoms with van der Waals surface area (Å²) in [4.78, 5) is 22.7. The number of sulfonamides is 1. The molecule has 120 valence electrons. The normalized spacial score (nSPS) is 17.5. The number of nitrogens with zero attached hydrogens (tertiary/aromatic N) is 1. The van der Waals surface area contributed by atoms with Gasteiger partial charge < -0.3 is 10.4 Å². The van der Waals surface area contributed by atoms with Gasteiger partial charge in [0.15, 0.2) is 0 Å². The Kier molecular flexibility index (Phi) is 4.52. The van der Waals surface area contributed by atoms with Gasteiger partial charge in [-0.2, -0.15) is 4.31 Å². The lowest BCUT2D eigenvalue weighted by Crippen LogP contribution is -2.57. The number of rotatable bonds is 5. The van der Waals surface area contributed by atoms with Gasteiger partial charge in [-0.05, 0) is 31.5 Å². The highest BCUT2D eigenvalue weighted by molar-refractivity contribution is 7.89. The first-order valence-electron chi connectivity index (χ1n) is 6.82. The second-order valence-electron chi connectivity index (χ2n) is 5.40. The zero-order valence-corrected chi connectivity index (χ0v) is 13.1. The molecule has 1 fully saturated rings. The number of carbonyl (C=O) groups is 2. The van der Waals surface area contributed by atoms with Crippen molar-refractivity contribution in [3.05, 3.63) is 29.8 Å². The molecule has 0 bridgehead atoms. The summed E-state index contributed by atoms with van der Waals surface area (Å²) in [6, 6.07) is 5.58. The zero-order chi connectivity index (χ0) is 16.5. The summed E-state index contributed by atoms with van der Waals surface area (Å²) < 4.78 is 26.0. The number of aryl methyl sites for hydroxylation is 1. The molecule has 1 atom stereocenters. The molecule has 1 unspecified atom stereocenters. The Bertz CT molecular complexity index is 695. The average molecular weight is 326 g/mol. The topological polar surface area (TPSA) is 104 Å². The molecular formula is C14H18N2O5S. The molecule has 0 saturated carbocycles. The molecule has 1 aromatic carbocycles. The highest BCUT2D eigenvalue weighted by Crippen LogP contribution is 2.25. The lowest BCUT2D eigenvalue weighted by atomic mass is 10.0. The van der Waals surface area contributed by atoms with E-state index in [0.717, 1.165) is 5.56 Å². The van der Waals surface area contributed by atoms with Crippen LogP contribution in [0.3, 0.4) is 0 Å². The number of aliphatic carboxylic acids is 1. The van der Waals surface area contributed by atoms with Gasteiger partial charge >= 0.3 is 5.97 Å². The van der Waals surface area contributed by atoms with Crippen LogP contribution in [0, 0.1) is 12.8 Å². The van der Waals surface area contributed by atoms with Crippen molar-refractivity contribution in [2.45, 2.75) is 24.8 Å². The molecule has 0 aliphatic carbocycles. The van der Waals surface area contributed by atoms with Crippen molar-refractivity contribution in [1.29, 1.82) is 0 Å². The molecule has 22 heavy (non-hydrogen) atoms. The molecule has 2 N–H and O–H groups in total. The molecule has 1 aromatic rings. The maximum atomic E-state index is 12.4. The van der Waals surface area contributed by atoms with Crippen LogP contribution < -0.4 is 5.32 Å². The first-order chi connectivity index (χ1) is 10.2. The fraction of sp³-hybridized carbons (Fsp3) is 0.429. The zero-order valence-electron chi connectivity index (χ0n) is 12.3. The van der Waals surface area contributed by atoms with E-state index in [9.17, 15) is 18.0 Å². The van der Waals surface area contributed by atoms with Gasteiger partial charge in [0.1, 0.15) is 6.04 Å². The molecule has 0 aromatic heterocycles. The largest absolute Gasteiger partial charge is 0.480 e. The van der Waals surface area contributed by atoms with E-state index in [1.54, 1.807) is 25.1 Å². The Balaban J connectivity index is 1.99. The minimum atomic E-state index is -3.60. The summed E-state index contributed by atoms with van der Waals surface area (Å²) in [5.41, 5.74) is 0.839. The monoisotopic (exact) mass is 326 g/mol. The molecule has 7 nitrogen and oxygen atoms in total. The molecule has 1 aliphatic heterocycles. The van der Waals surface area contributed by atoms with E-state index in [-0.39, 0.29) is 18.0 Å². The molecule has 2 rings (SSSR count). The van der Waals surface area contributed by atoms with Crippen LogP contribution in [-0.4, -0.2) is 48.8 Å². The van der Waals surface area contributed by atoms with Crippen LogP contribution in [0.25, 0.3) is 0 Å². The van der Waals surface area contributed by atoms with Gasteiger partial charge in [-0.1, -0.05) is 12.1 Å².